The van der Waals surface area contributed by atoms with E-state index >= 15 is 0 Å². The van der Waals surface area contributed by atoms with Crippen LogP contribution in [0.2, 0.25) is 10.0 Å². The van der Waals surface area contributed by atoms with Crippen molar-refractivity contribution in [3.8, 4) is 5.75 Å². The van der Waals surface area contributed by atoms with Crippen LogP contribution in [0, 0.1) is 0 Å². The first-order valence-corrected chi connectivity index (χ1v) is 10.8. The summed E-state index contributed by atoms with van der Waals surface area (Å²) in [6, 6.07) is 13.5. The lowest BCUT2D eigenvalue weighted by Gasteiger charge is -2.32. The molecule has 3 rings (SSSR count). The van der Waals surface area contributed by atoms with Crippen LogP contribution in [0.1, 0.15) is 30.1 Å². The third-order valence-electron chi connectivity index (χ3n) is 4.93. The van der Waals surface area contributed by atoms with E-state index in [2.05, 4.69) is 4.90 Å². The zero-order chi connectivity index (χ0) is 20.6. The summed E-state index contributed by atoms with van der Waals surface area (Å²) in [6.07, 6.45) is 1.95. The van der Waals surface area contributed by atoms with E-state index in [0.29, 0.717) is 36.2 Å². The second-order valence-corrected chi connectivity index (χ2v) is 8.22. The van der Waals surface area contributed by atoms with Crippen molar-refractivity contribution in [1.82, 2.24) is 4.90 Å². The number of ether oxygens (including phenoxy) is 2. The smallest absolute Gasteiger partial charge is 0.222 e. The molecule has 2 aromatic carbocycles. The van der Waals surface area contributed by atoms with Gasteiger partial charge in [-0.15, -0.1) is 0 Å². The van der Waals surface area contributed by atoms with Crippen molar-refractivity contribution in [1.29, 1.82) is 0 Å². The van der Waals surface area contributed by atoms with Crippen LogP contribution in [0.4, 0.5) is 0 Å². The highest BCUT2D eigenvalue weighted by Gasteiger charge is 2.22. The molecule has 0 radical (unpaired) electrons. The van der Waals surface area contributed by atoms with Crippen LogP contribution < -0.4 is 4.74 Å². The van der Waals surface area contributed by atoms with Crippen molar-refractivity contribution in [2.45, 2.75) is 25.4 Å². The van der Waals surface area contributed by atoms with Crippen molar-refractivity contribution >= 4 is 40.0 Å². The highest BCUT2D eigenvalue weighted by atomic mass is 35.5. The quantitative estimate of drug-likeness (QED) is 0.367. The predicted octanol–water partition coefficient (Wildman–Crippen LogP) is 5.53. The van der Waals surface area contributed by atoms with E-state index in [0.717, 1.165) is 42.8 Å². The third-order valence-corrected chi connectivity index (χ3v) is 5.83. The van der Waals surface area contributed by atoms with Crippen molar-refractivity contribution in [3.63, 3.8) is 0 Å². The molecule has 1 fully saturated rings. The number of benzene rings is 2. The molecule has 1 saturated heterocycles. The van der Waals surface area contributed by atoms with Gasteiger partial charge in [-0.05, 0) is 59.8 Å². The van der Waals surface area contributed by atoms with Crippen molar-refractivity contribution in [3.05, 3.63) is 63.6 Å². The minimum Gasteiger partial charge on any atom is -0.494 e. The number of carbonyl (C=O) groups is 1. The molecule has 0 aromatic heterocycles. The van der Waals surface area contributed by atoms with Crippen molar-refractivity contribution in [2.75, 3.05) is 32.8 Å². The third kappa shape index (κ3) is 6.87. The summed E-state index contributed by atoms with van der Waals surface area (Å²) in [4.78, 5) is 13.2. The lowest BCUT2D eigenvalue weighted by Crippen LogP contribution is -2.39. The Kier molecular flexibility index (Phi) is 8.64. The van der Waals surface area contributed by atoms with Gasteiger partial charge in [-0.25, -0.2) is 0 Å². The highest BCUT2D eigenvalue weighted by Crippen LogP contribution is 2.26. The number of rotatable bonds is 9. The molecular weight excluding hydrogens is 433 g/mol. The summed E-state index contributed by atoms with van der Waals surface area (Å²) in [5, 5.41) is 1.09. The molecule has 29 heavy (non-hydrogen) atoms. The predicted molar refractivity (Wildman–Crippen MR) is 117 cm³/mol. The molecule has 0 aliphatic carbocycles. The zero-order valence-electron chi connectivity index (χ0n) is 16.1. The van der Waals surface area contributed by atoms with Gasteiger partial charge in [0.1, 0.15) is 5.75 Å². The van der Waals surface area contributed by atoms with Crippen LogP contribution in [-0.2, 0) is 16.0 Å². The van der Waals surface area contributed by atoms with E-state index in [4.69, 9.17) is 44.3 Å². The summed E-state index contributed by atoms with van der Waals surface area (Å²) < 4.78 is 11.7. The van der Waals surface area contributed by atoms with Gasteiger partial charge in [-0.2, -0.15) is 0 Å². The summed E-state index contributed by atoms with van der Waals surface area (Å²) >= 11 is 17.8. The number of halogens is 3. The summed E-state index contributed by atoms with van der Waals surface area (Å²) in [7, 11) is 0. The van der Waals surface area contributed by atoms with E-state index in [1.807, 2.05) is 42.5 Å². The van der Waals surface area contributed by atoms with Crippen LogP contribution in [0.3, 0.4) is 0 Å². The average molecular weight is 457 g/mol. The molecule has 0 spiro atoms. The Morgan fingerprint density at radius 1 is 1.14 bits per heavy atom. The molecule has 0 saturated carbocycles. The molecule has 1 aliphatic rings. The summed E-state index contributed by atoms with van der Waals surface area (Å²) in [6.45, 7) is 3.46. The maximum atomic E-state index is 11.0. The van der Waals surface area contributed by atoms with E-state index in [-0.39, 0.29) is 11.3 Å². The van der Waals surface area contributed by atoms with Crippen LogP contribution in [0.5, 0.6) is 5.75 Å². The van der Waals surface area contributed by atoms with E-state index in [1.54, 1.807) is 0 Å². The Hall–Kier alpha value is -1.30. The van der Waals surface area contributed by atoms with E-state index in [9.17, 15) is 4.79 Å². The minimum absolute atomic E-state index is 0.00871. The molecule has 1 atom stereocenters. The zero-order valence-corrected chi connectivity index (χ0v) is 18.3. The summed E-state index contributed by atoms with van der Waals surface area (Å²) in [5.74, 6) is 0.819. The maximum Gasteiger partial charge on any atom is 0.222 e. The number of nitrogens with zero attached hydrogens (tertiary/aromatic N) is 1. The van der Waals surface area contributed by atoms with Gasteiger partial charge in [0.2, 0.25) is 5.24 Å². The Bertz CT molecular complexity index is 793. The number of hydrogen-bond acceptors (Lipinski definition) is 4. The molecule has 7 heteroatoms. The highest BCUT2D eigenvalue weighted by molar-refractivity contribution is 6.63. The number of carbonyl (C=O) groups excluding carboxylic acids is 1. The molecule has 1 unspecified atom stereocenters. The van der Waals surface area contributed by atoms with Crippen LogP contribution in [-0.4, -0.2) is 43.0 Å². The molecular formula is C22H24Cl3NO3. The molecule has 156 valence electrons. The van der Waals surface area contributed by atoms with Crippen LogP contribution in [0.25, 0.3) is 0 Å². The fourth-order valence-electron chi connectivity index (χ4n) is 3.34. The topological polar surface area (TPSA) is 38.8 Å². The molecule has 1 heterocycles. The van der Waals surface area contributed by atoms with Gasteiger partial charge in [0.25, 0.3) is 0 Å². The molecule has 2 aromatic rings. The van der Waals surface area contributed by atoms with Gasteiger partial charge < -0.3 is 9.47 Å². The first-order valence-electron chi connectivity index (χ1n) is 9.71. The van der Waals surface area contributed by atoms with Crippen LogP contribution in [0.15, 0.2) is 42.5 Å². The van der Waals surface area contributed by atoms with E-state index < -0.39 is 0 Å². The van der Waals surface area contributed by atoms with Gasteiger partial charge in [0.15, 0.2) is 0 Å². The Morgan fingerprint density at radius 3 is 2.55 bits per heavy atom. The molecule has 4 nitrogen and oxygen atoms in total. The maximum absolute atomic E-state index is 11.0. The lowest BCUT2D eigenvalue weighted by atomic mass is 10.1. The fourth-order valence-corrected chi connectivity index (χ4v) is 4.01. The molecule has 0 N–H and O–H groups in total. The second kappa shape index (κ2) is 11.2. The van der Waals surface area contributed by atoms with Gasteiger partial charge in [-0.1, -0.05) is 41.4 Å². The summed E-state index contributed by atoms with van der Waals surface area (Å²) in [5.41, 5.74) is 2.06. The molecule has 0 amide bonds. The minimum atomic E-state index is -0.300. The Morgan fingerprint density at radius 2 is 1.86 bits per heavy atom. The SMILES string of the molecule is O=C(Cl)CCN1CCOC(c2ccc(OCCCc3c(Cl)cccc3Cl)cc2)C1. The van der Waals surface area contributed by atoms with Gasteiger partial charge in [0.05, 0.1) is 19.3 Å². The van der Waals surface area contributed by atoms with Gasteiger partial charge >= 0.3 is 0 Å². The fraction of sp³-hybridized carbons (Fsp3) is 0.409. The van der Waals surface area contributed by atoms with Crippen molar-refractivity contribution in [2.24, 2.45) is 0 Å². The van der Waals surface area contributed by atoms with Gasteiger partial charge in [0, 0.05) is 36.1 Å². The lowest BCUT2D eigenvalue weighted by molar-refractivity contribution is -0.112. The van der Waals surface area contributed by atoms with Crippen molar-refractivity contribution < 1.29 is 14.3 Å². The second-order valence-electron chi connectivity index (χ2n) is 6.99. The normalized spacial score (nSPS) is 17.3. The standard InChI is InChI=1S/C22H24Cl3NO3/c23-19-4-1-5-20(24)18(19)3-2-13-28-17-8-6-16(7-9-17)21-15-26(12-14-29-21)11-10-22(25)27/h1,4-9,21H,2-3,10-15H2. The molecule has 0 bridgehead atoms. The largest absolute Gasteiger partial charge is 0.494 e. The first kappa shape index (κ1) is 22.4. The Balaban J connectivity index is 1.45. The molecule has 1 aliphatic heterocycles. The van der Waals surface area contributed by atoms with E-state index in [1.165, 1.54) is 0 Å². The van der Waals surface area contributed by atoms with Crippen LogP contribution >= 0.6 is 34.8 Å². The number of hydrogen-bond donors (Lipinski definition) is 0. The van der Waals surface area contributed by atoms with Gasteiger partial charge in [-0.3, -0.25) is 9.69 Å². The monoisotopic (exact) mass is 455 g/mol. The Labute approximate surface area is 186 Å². The first-order chi connectivity index (χ1) is 14.0. The number of morpholine rings is 1. The average Bonchev–Trinajstić information content (AvgIpc) is 2.72.